The van der Waals surface area contributed by atoms with Gasteiger partial charge in [0.15, 0.2) is 0 Å². The number of halogens is 1. The van der Waals surface area contributed by atoms with Crippen LogP contribution in [0, 0.1) is 0 Å². The average Bonchev–Trinajstić information content (AvgIpc) is 2.89. The van der Waals surface area contributed by atoms with Crippen molar-refractivity contribution in [2.75, 3.05) is 18.0 Å². The van der Waals surface area contributed by atoms with E-state index < -0.39 is 34.1 Å². The molecule has 3 rings (SSSR count). The fourth-order valence-corrected chi connectivity index (χ4v) is 5.78. The highest BCUT2D eigenvalue weighted by Crippen LogP contribution is 2.27. The molecule has 0 unspecified atom stereocenters. The first-order valence-electron chi connectivity index (χ1n) is 12.4. The van der Waals surface area contributed by atoms with Gasteiger partial charge >= 0.3 is 0 Å². The Hall–Kier alpha value is -3.37. The number of amides is 2. The second-order valence-corrected chi connectivity index (χ2v) is 12.9. The van der Waals surface area contributed by atoms with Crippen molar-refractivity contribution in [3.8, 4) is 5.75 Å². The van der Waals surface area contributed by atoms with Crippen LogP contribution in [0.25, 0.3) is 0 Å². The maximum absolute atomic E-state index is 14.0. The van der Waals surface area contributed by atoms with Crippen LogP contribution >= 0.6 is 15.9 Å². The van der Waals surface area contributed by atoms with E-state index in [1.807, 2.05) is 45.0 Å². The van der Waals surface area contributed by atoms with E-state index in [2.05, 4.69) is 21.2 Å². The van der Waals surface area contributed by atoms with Gasteiger partial charge in [-0.05, 0) is 69.7 Å². The summed E-state index contributed by atoms with van der Waals surface area (Å²) in [6.07, 6.45) is 0. The molecular formula is C29H34BrN3O5S. The number of nitrogens with one attached hydrogen (secondary N) is 1. The largest absolute Gasteiger partial charge is 0.497 e. The number of benzene rings is 3. The van der Waals surface area contributed by atoms with Crippen LogP contribution in [-0.2, 0) is 26.2 Å². The zero-order chi connectivity index (χ0) is 28.8. The van der Waals surface area contributed by atoms with E-state index in [-0.39, 0.29) is 23.0 Å². The highest BCUT2D eigenvalue weighted by molar-refractivity contribution is 9.10. The molecule has 1 N–H and O–H groups in total. The molecule has 2 amide bonds. The Morgan fingerprint density at radius 3 is 2.26 bits per heavy atom. The Bertz CT molecular complexity index is 1410. The molecule has 0 spiro atoms. The van der Waals surface area contributed by atoms with Crippen molar-refractivity contribution in [2.45, 2.75) is 50.7 Å². The molecule has 0 heterocycles. The summed E-state index contributed by atoms with van der Waals surface area (Å²) in [6.45, 7) is 6.79. The molecule has 0 saturated heterocycles. The lowest BCUT2D eigenvalue weighted by Crippen LogP contribution is -2.54. The van der Waals surface area contributed by atoms with Crippen molar-refractivity contribution < 1.29 is 22.7 Å². The predicted octanol–water partition coefficient (Wildman–Crippen LogP) is 4.99. The highest BCUT2D eigenvalue weighted by Gasteiger charge is 2.33. The first kappa shape index (κ1) is 30.2. The third-order valence-electron chi connectivity index (χ3n) is 5.86. The summed E-state index contributed by atoms with van der Waals surface area (Å²) in [5.41, 5.74) is 0.534. The molecule has 0 fully saturated rings. The molecule has 208 valence electrons. The maximum Gasteiger partial charge on any atom is 0.264 e. The topological polar surface area (TPSA) is 96.0 Å². The molecule has 3 aromatic rings. The van der Waals surface area contributed by atoms with Gasteiger partial charge in [-0.25, -0.2) is 8.42 Å². The zero-order valence-corrected chi connectivity index (χ0v) is 25.1. The van der Waals surface area contributed by atoms with Crippen LogP contribution in [0.4, 0.5) is 5.69 Å². The Morgan fingerprint density at radius 1 is 0.974 bits per heavy atom. The van der Waals surface area contributed by atoms with Crippen LogP contribution < -0.4 is 14.4 Å². The third-order valence-corrected chi connectivity index (χ3v) is 8.14. The molecule has 0 aliphatic heterocycles. The molecule has 3 aromatic carbocycles. The van der Waals surface area contributed by atoms with Gasteiger partial charge in [0.25, 0.3) is 10.0 Å². The molecule has 0 saturated carbocycles. The summed E-state index contributed by atoms with van der Waals surface area (Å²) in [5, 5.41) is 2.92. The van der Waals surface area contributed by atoms with Gasteiger partial charge in [0.05, 0.1) is 17.7 Å². The summed E-state index contributed by atoms with van der Waals surface area (Å²) in [5.74, 6) is -0.435. The van der Waals surface area contributed by atoms with Crippen LogP contribution in [0.2, 0.25) is 0 Å². The first-order valence-corrected chi connectivity index (χ1v) is 14.6. The lowest BCUT2D eigenvalue weighted by molar-refractivity contribution is -0.140. The van der Waals surface area contributed by atoms with Crippen LogP contribution in [0.5, 0.6) is 5.75 Å². The summed E-state index contributed by atoms with van der Waals surface area (Å²) >= 11 is 3.45. The van der Waals surface area contributed by atoms with E-state index in [0.29, 0.717) is 5.75 Å². The number of anilines is 1. The highest BCUT2D eigenvalue weighted by atomic mass is 79.9. The molecular weight excluding hydrogens is 582 g/mol. The molecule has 0 bridgehead atoms. The van der Waals surface area contributed by atoms with Gasteiger partial charge in [-0.1, -0.05) is 52.3 Å². The Morgan fingerprint density at radius 2 is 1.64 bits per heavy atom. The predicted molar refractivity (Wildman–Crippen MR) is 156 cm³/mol. The number of nitrogens with zero attached hydrogens (tertiary/aromatic N) is 2. The fourth-order valence-electron chi connectivity index (χ4n) is 3.90. The molecule has 39 heavy (non-hydrogen) atoms. The van der Waals surface area contributed by atoms with Gasteiger partial charge in [0.2, 0.25) is 11.8 Å². The van der Waals surface area contributed by atoms with E-state index in [1.165, 1.54) is 24.1 Å². The number of carbonyl (C=O) groups is 2. The summed E-state index contributed by atoms with van der Waals surface area (Å²) in [6, 6.07) is 21.0. The molecule has 0 radical (unpaired) electrons. The molecule has 0 aromatic heterocycles. The van der Waals surface area contributed by atoms with Crippen LogP contribution in [-0.4, -0.2) is 50.4 Å². The number of carbonyl (C=O) groups excluding carboxylic acids is 2. The van der Waals surface area contributed by atoms with Gasteiger partial charge in [-0.2, -0.15) is 0 Å². The quantitative estimate of drug-likeness (QED) is 0.347. The number of ether oxygens (including phenoxy) is 1. The second-order valence-electron chi connectivity index (χ2n) is 10.1. The van der Waals surface area contributed by atoms with Gasteiger partial charge in [-0.15, -0.1) is 0 Å². The van der Waals surface area contributed by atoms with Crippen molar-refractivity contribution in [1.82, 2.24) is 10.2 Å². The van der Waals surface area contributed by atoms with Crippen molar-refractivity contribution in [3.63, 3.8) is 0 Å². The van der Waals surface area contributed by atoms with E-state index >= 15 is 0 Å². The number of methoxy groups -OCH3 is 1. The van der Waals surface area contributed by atoms with Crippen LogP contribution in [0.3, 0.4) is 0 Å². The Kier molecular flexibility index (Phi) is 9.79. The van der Waals surface area contributed by atoms with Crippen LogP contribution in [0.15, 0.2) is 88.2 Å². The van der Waals surface area contributed by atoms with Crippen molar-refractivity contribution in [2.24, 2.45) is 0 Å². The van der Waals surface area contributed by atoms with Crippen molar-refractivity contribution >= 4 is 43.5 Å². The number of hydrogen-bond donors (Lipinski definition) is 1. The maximum atomic E-state index is 14.0. The average molecular weight is 617 g/mol. The Labute approximate surface area is 239 Å². The third kappa shape index (κ3) is 8.06. The number of rotatable bonds is 10. The number of hydrogen-bond acceptors (Lipinski definition) is 5. The number of sulfonamides is 1. The van der Waals surface area contributed by atoms with E-state index in [0.717, 1.165) is 14.3 Å². The summed E-state index contributed by atoms with van der Waals surface area (Å²) in [7, 11) is -2.66. The SMILES string of the molecule is COc1cccc(N(CC(=O)N(Cc2cccc(Br)c2)[C@@H](C)C(=O)NC(C)(C)C)S(=O)(=O)c2ccccc2)c1. The second kappa shape index (κ2) is 12.7. The smallest absolute Gasteiger partial charge is 0.264 e. The van der Waals surface area contributed by atoms with Gasteiger partial charge in [0.1, 0.15) is 18.3 Å². The van der Waals surface area contributed by atoms with Crippen molar-refractivity contribution in [3.05, 3.63) is 88.9 Å². The fraction of sp³-hybridized carbons (Fsp3) is 0.310. The first-order chi connectivity index (χ1) is 18.3. The molecule has 10 heteroatoms. The van der Waals surface area contributed by atoms with Gasteiger partial charge < -0.3 is 15.0 Å². The lowest BCUT2D eigenvalue weighted by atomic mass is 10.1. The minimum absolute atomic E-state index is 0.0395. The molecule has 0 aliphatic carbocycles. The molecule has 1 atom stereocenters. The van der Waals surface area contributed by atoms with Crippen LogP contribution in [0.1, 0.15) is 33.3 Å². The van der Waals surface area contributed by atoms with E-state index in [1.54, 1.807) is 49.4 Å². The standard InChI is InChI=1S/C29H34BrN3O5S/c1-21(28(35)31-29(2,3)4)32(19-22-11-9-12-23(30)17-22)27(34)20-33(24-13-10-14-25(18-24)38-5)39(36,37)26-15-7-6-8-16-26/h6-18,21H,19-20H2,1-5H3,(H,31,35)/t21-/m0/s1. The minimum atomic E-state index is -4.14. The van der Waals surface area contributed by atoms with E-state index in [9.17, 15) is 18.0 Å². The summed E-state index contributed by atoms with van der Waals surface area (Å²) in [4.78, 5) is 28.6. The van der Waals surface area contributed by atoms with Crippen molar-refractivity contribution in [1.29, 1.82) is 0 Å². The van der Waals surface area contributed by atoms with E-state index in [4.69, 9.17) is 4.74 Å². The minimum Gasteiger partial charge on any atom is -0.497 e. The normalized spacial score (nSPS) is 12.4. The lowest BCUT2D eigenvalue weighted by Gasteiger charge is -2.33. The molecule has 0 aliphatic rings. The zero-order valence-electron chi connectivity index (χ0n) is 22.7. The summed E-state index contributed by atoms with van der Waals surface area (Å²) < 4.78 is 34.8. The van der Waals surface area contributed by atoms with Gasteiger partial charge in [-0.3, -0.25) is 13.9 Å². The molecule has 8 nitrogen and oxygen atoms in total. The van der Waals surface area contributed by atoms with Gasteiger partial charge in [0, 0.05) is 22.6 Å². The monoisotopic (exact) mass is 615 g/mol. The Balaban J connectivity index is 2.05.